The second-order valence-electron chi connectivity index (χ2n) is 2.93. The first-order chi connectivity index (χ1) is 6.72. The standard InChI is InChI=1S/C9H14BrN3S/c1-3-14-6-7(2)13-9-11-4-8(10)5-12-9/h4-5,7H,3,6H2,1-2H3,(H,11,12,13). The molecule has 0 fully saturated rings. The van der Waals surface area contributed by atoms with Crippen LogP contribution in [0.4, 0.5) is 5.95 Å². The Balaban J connectivity index is 2.39. The highest BCUT2D eigenvalue weighted by molar-refractivity contribution is 9.10. The molecule has 1 aromatic rings. The van der Waals surface area contributed by atoms with Gasteiger partial charge < -0.3 is 5.32 Å². The van der Waals surface area contributed by atoms with E-state index in [2.05, 4.69) is 45.1 Å². The van der Waals surface area contributed by atoms with Crippen molar-refractivity contribution in [1.82, 2.24) is 9.97 Å². The molecule has 5 heteroatoms. The lowest BCUT2D eigenvalue weighted by Crippen LogP contribution is -2.19. The molecule has 3 nitrogen and oxygen atoms in total. The van der Waals surface area contributed by atoms with Gasteiger partial charge in [0.2, 0.25) is 5.95 Å². The van der Waals surface area contributed by atoms with E-state index in [4.69, 9.17) is 0 Å². The van der Waals surface area contributed by atoms with Crippen molar-refractivity contribution < 1.29 is 0 Å². The molecule has 0 aromatic carbocycles. The second kappa shape index (κ2) is 6.24. The molecular weight excluding hydrogens is 262 g/mol. The molecular formula is C9H14BrN3S. The van der Waals surface area contributed by atoms with E-state index in [1.54, 1.807) is 12.4 Å². The minimum Gasteiger partial charge on any atom is -0.351 e. The van der Waals surface area contributed by atoms with Gasteiger partial charge in [0.1, 0.15) is 0 Å². The first kappa shape index (κ1) is 11.8. The van der Waals surface area contributed by atoms with Crippen molar-refractivity contribution in [2.24, 2.45) is 0 Å². The molecule has 78 valence electrons. The number of rotatable bonds is 5. The van der Waals surface area contributed by atoms with Crippen molar-refractivity contribution in [1.29, 1.82) is 0 Å². The Bertz CT molecular complexity index is 265. The van der Waals surface area contributed by atoms with Gasteiger partial charge in [0.05, 0.1) is 4.47 Å². The van der Waals surface area contributed by atoms with Crippen molar-refractivity contribution in [3.63, 3.8) is 0 Å². The van der Waals surface area contributed by atoms with Crippen molar-refractivity contribution in [2.45, 2.75) is 19.9 Å². The highest BCUT2D eigenvalue weighted by Gasteiger charge is 2.02. The van der Waals surface area contributed by atoms with Gasteiger partial charge >= 0.3 is 0 Å². The van der Waals surface area contributed by atoms with Gasteiger partial charge in [-0.25, -0.2) is 9.97 Å². The second-order valence-corrected chi connectivity index (χ2v) is 5.16. The van der Waals surface area contributed by atoms with E-state index in [-0.39, 0.29) is 0 Å². The number of aromatic nitrogens is 2. The SMILES string of the molecule is CCSCC(C)Nc1ncc(Br)cn1. The van der Waals surface area contributed by atoms with E-state index < -0.39 is 0 Å². The molecule has 0 saturated carbocycles. The molecule has 1 rings (SSSR count). The minimum atomic E-state index is 0.404. The zero-order valence-electron chi connectivity index (χ0n) is 8.33. The van der Waals surface area contributed by atoms with Gasteiger partial charge in [0.25, 0.3) is 0 Å². The molecule has 0 bridgehead atoms. The van der Waals surface area contributed by atoms with Crippen LogP contribution in [0.5, 0.6) is 0 Å². The number of hydrogen-bond donors (Lipinski definition) is 1. The lowest BCUT2D eigenvalue weighted by Gasteiger charge is -2.12. The summed E-state index contributed by atoms with van der Waals surface area (Å²) in [6.45, 7) is 4.29. The lowest BCUT2D eigenvalue weighted by atomic mass is 10.4. The monoisotopic (exact) mass is 275 g/mol. The molecule has 1 N–H and O–H groups in total. The fraction of sp³-hybridized carbons (Fsp3) is 0.556. The van der Waals surface area contributed by atoms with Crippen LogP contribution < -0.4 is 5.32 Å². The Kier molecular flexibility index (Phi) is 5.25. The van der Waals surface area contributed by atoms with Gasteiger partial charge in [-0.3, -0.25) is 0 Å². The molecule has 1 heterocycles. The fourth-order valence-corrected chi connectivity index (χ4v) is 1.82. The predicted molar refractivity (Wildman–Crippen MR) is 65.8 cm³/mol. The van der Waals surface area contributed by atoms with Crippen LogP contribution in [0.1, 0.15) is 13.8 Å². The summed E-state index contributed by atoms with van der Waals surface area (Å²) in [7, 11) is 0. The average Bonchev–Trinajstić information content (AvgIpc) is 2.18. The van der Waals surface area contributed by atoms with Crippen LogP contribution in [0.25, 0.3) is 0 Å². The summed E-state index contributed by atoms with van der Waals surface area (Å²) < 4.78 is 0.902. The number of thioether (sulfide) groups is 1. The molecule has 0 spiro atoms. The molecule has 0 radical (unpaired) electrons. The lowest BCUT2D eigenvalue weighted by molar-refractivity contribution is 0.885. The Labute approximate surface area is 97.2 Å². The Morgan fingerprint density at radius 1 is 1.50 bits per heavy atom. The largest absolute Gasteiger partial charge is 0.351 e. The minimum absolute atomic E-state index is 0.404. The van der Waals surface area contributed by atoms with Crippen LogP contribution in [0.15, 0.2) is 16.9 Å². The zero-order chi connectivity index (χ0) is 10.4. The molecule has 0 saturated heterocycles. The van der Waals surface area contributed by atoms with Gasteiger partial charge in [-0.1, -0.05) is 6.92 Å². The summed E-state index contributed by atoms with van der Waals surface area (Å²) in [6.07, 6.45) is 3.49. The van der Waals surface area contributed by atoms with Gasteiger partial charge in [-0.2, -0.15) is 11.8 Å². The summed E-state index contributed by atoms with van der Waals surface area (Å²) >= 11 is 5.21. The molecule has 1 aromatic heterocycles. The summed E-state index contributed by atoms with van der Waals surface area (Å²) in [5, 5.41) is 3.24. The van der Waals surface area contributed by atoms with Gasteiger partial charge in [-0.15, -0.1) is 0 Å². The van der Waals surface area contributed by atoms with Crippen LogP contribution in [-0.4, -0.2) is 27.5 Å². The smallest absolute Gasteiger partial charge is 0.222 e. The number of hydrogen-bond acceptors (Lipinski definition) is 4. The summed E-state index contributed by atoms with van der Waals surface area (Å²) in [6, 6.07) is 0.404. The molecule has 0 aliphatic heterocycles. The molecule has 14 heavy (non-hydrogen) atoms. The third kappa shape index (κ3) is 4.28. The fourth-order valence-electron chi connectivity index (χ4n) is 0.943. The molecule has 1 atom stereocenters. The van der Waals surface area contributed by atoms with Crippen LogP contribution in [-0.2, 0) is 0 Å². The van der Waals surface area contributed by atoms with E-state index in [9.17, 15) is 0 Å². The predicted octanol–water partition coefficient (Wildman–Crippen LogP) is 2.79. The van der Waals surface area contributed by atoms with Crippen LogP contribution in [0.3, 0.4) is 0 Å². The summed E-state index contributed by atoms with van der Waals surface area (Å²) in [5.41, 5.74) is 0. The number of anilines is 1. The van der Waals surface area contributed by atoms with E-state index >= 15 is 0 Å². The summed E-state index contributed by atoms with van der Waals surface area (Å²) in [5.74, 6) is 2.92. The maximum Gasteiger partial charge on any atom is 0.222 e. The van der Waals surface area contributed by atoms with Crippen LogP contribution >= 0.6 is 27.7 Å². The van der Waals surface area contributed by atoms with E-state index in [1.165, 1.54) is 0 Å². The van der Waals surface area contributed by atoms with E-state index in [1.807, 2.05) is 11.8 Å². The van der Waals surface area contributed by atoms with Gasteiger partial charge in [0, 0.05) is 24.2 Å². The molecule has 0 aliphatic carbocycles. The molecule has 0 amide bonds. The van der Waals surface area contributed by atoms with Crippen molar-refractivity contribution in [3.8, 4) is 0 Å². The zero-order valence-corrected chi connectivity index (χ0v) is 10.7. The van der Waals surface area contributed by atoms with Crippen molar-refractivity contribution in [3.05, 3.63) is 16.9 Å². The Morgan fingerprint density at radius 2 is 2.14 bits per heavy atom. The van der Waals surface area contributed by atoms with Crippen LogP contribution in [0.2, 0.25) is 0 Å². The van der Waals surface area contributed by atoms with Gasteiger partial charge in [-0.05, 0) is 28.6 Å². The normalized spacial score (nSPS) is 12.5. The number of nitrogens with one attached hydrogen (secondary N) is 1. The van der Waals surface area contributed by atoms with Crippen LogP contribution in [0, 0.1) is 0 Å². The van der Waals surface area contributed by atoms with Gasteiger partial charge in [0.15, 0.2) is 0 Å². The Hall–Kier alpha value is -0.290. The number of nitrogens with zero attached hydrogens (tertiary/aromatic N) is 2. The first-order valence-electron chi connectivity index (χ1n) is 4.54. The maximum absolute atomic E-state index is 4.15. The highest BCUT2D eigenvalue weighted by Crippen LogP contribution is 2.09. The Morgan fingerprint density at radius 3 is 2.71 bits per heavy atom. The third-order valence-corrected chi connectivity index (χ3v) is 3.12. The summed E-state index contributed by atoms with van der Waals surface area (Å²) in [4.78, 5) is 8.30. The molecule has 0 aliphatic rings. The van der Waals surface area contributed by atoms with E-state index in [0.717, 1.165) is 16.0 Å². The first-order valence-corrected chi connectivity index (χ1v) is 6.49. The molecule has 1 unspecified atom stereocenters. The van der Waals surface area contributed by atoms with E-state index in [0.29, 0.717) is 12.0 Å². The maximum atomic E-state index is 4.15. The number of halogens is 1. The third-order valence-electron chi connectivity index (χ3n) is 1.57. The van der Waals surface area contributed by atoms with Crippen molar-refractivity contribution in [2.75, 3.05) is 16.8 Å². The quantitative estimate of drug-likeness (QED) is 0.897. The topological polar surface area (TPSA) is 37.8 Å². The highest BCUT2D eigenvalue weighted by atomic mass is 79.9. The van der Waals surface area contributed by atoms with Crippen molar-refractivity contribution >= 4 is 33.6 Å². The average molecular weight is 276 g/mol.